The molecule has 0 saturated carbocycles. The van der Waals surface area contributed by atoms with E-state index in [4.69, 9.17) is 4.74 Å². The van der Waals surface area contributed by atoms with E-state index in [0.29, 0.717) is 30.5 Å². The van der Waals surface area contributed by atoms with Crippen LogP contribution in [0.15, 0.2) is 72.8 Å². The average molecular weight is 510 g/mol. The average Bonchev–Trinajstić information content (AvgIpc) is 3.12. The van der Waals surface area contributed by atoms with Crippen molar-refractivity contribution in [2.45, 2.75) is 56.7 Å². The van der Waals surface area contributed by atoms with Gasteiger partial charge in [-0.25, -0.2) is 0 Å². The fraction of sp³-hybridized carbons (Fsp3) is 0.424. The Morgan fingerprint density at radius 1 is 0.974 bits per heavy atom. The fourth-order valence-corrected chi connectivity index (χ4v) is 7.29. The van der Waals surface area contributed by atoms with E-state index in [0.717, 1.165) is 35.7 Å². The molecule has 0 aromatic heterocycles. The number of likely N-dealkylation sites (N-methyl/N-ethyl adjacent to an activating group) is 1. The molecule has 3 fully saturated rings. The van der Waals surface area contributed by atoms with Crippen LogP contribution in [-0.4, -0.2) is 50.1 Å². The fourth-order valence-electron chi connectivity index (χ4n) is 7.29. The first-order valence-electron chi connectivity index (χ1n) is 14.0. The minimum absolute atomic E-state index is 0.130. The highest BCUT2D eigenvalue weighted by Gasteiger charge is 2.47. The van der Waals surface area contributed by atoms with Gasteiger partial charge in [-0.3, -0.25) is 9.69 Å². The third kappa shape index (κ3) is 4.13. The monoisotopic (exact) mass is 509 g/mol. The first-order valence-corrected chi connectivity index (χ1v) is 14.0. The summed E-state index contributed by atoms with van der Waals surface area (Å²) in [5, 5.41) is 4.03. The van der Waals surface area contributed by atoms with Crippen molar-refractivity contribution in [1.82, 2.24) is 10.2 Å². The van der Waals surface area contributed by atoms with Crippen molar-refractivity contribution in [3.8, 4) is 5.75 Å². The standard InChI is InChI=1S/C33H39N3O2/c1-33(2)26-19-25(28(38-4)20-27(26)35(3)32(33)37)21-34-30-24-15-17-36(18-16-24)31(30)29(22-11-7-5-8-12-22)23-13-9-6-10-14-23/h5-14,19-20,24,29-31,34H,15-18,21H2,1-4H3. The molecule has 4 aliphatic rings. The van der Waals surface area contributed by atoms with Gasteiger partial charge in [0, 0.05) is 43.2 Å². The molecule has 4 aliphatic heterocycles. The van der Waals surface area contributed by atoms with Gasteiger partial charge in [0.05, 0.1) is 18.2 Å². The van der Waals surface area contributed by atoms with E-state index in [1.807, 2.05) is 27.0 Å². The lowest BCUT2D eigenvalue weighted by Gasteiger charge is -2.54. The second-order valence-electron chi connectivity index (χ2n) is 11.7. The second kappa shape index (κ2) is 9.87. The van der Waals surface area contributed by atoms with E-state index in [-0.39, 0.29) is 5.91 Å². The highest BCUT2D eigenvalue weighted by atomic mass is 16.5. The number of nitrogens with one attached hydrogen (secondary N) is 1. The van der Waals surface area contributed by atoms with Gasteiger partial charge in [0.1, 0.15) is 5.75 Å². The molecule has 7 rings (SSSR count). The SMILES string of the molecule is COc1cc2c(cc1CNC1C3CCN(CC3)C1C(c1ccccc1)c1ccccc1)C(C)(C)C(=O)N2C. The molecule has 2 atom stereocenters. The van der Waals surface area contributed by atoms with Crippen molar-refractivity contribution < 1.29 is 9.53 Å². The Hall–Kier alpha value is -3.15. The first-order chi connectivity index (χ1) is 18.4. The van der Waals surface area contributed by atoms with Gasteiger partial charge in [0.2, 0.25) is 5.91 Å². The smallest absolute Gasteiger partial charge is 0.236 e. The summed E-state index contributed by atoms with van der Waals surface area (Å²) in [4.78, 5) is 17.4. The molecule has 38 heavy (non-hydrogen) atoms. The third-order valence-corrected chi connectivity index (χ3v) is 9.33. The molecule has 3 saturated heterocycles. The van der Waals surface area contributed by atoms with Crippen LogP contribution in [0.2, 0.25) is 0 Å². The summed E-state index contributed by atoms with van der Waals surface area (Å²) in [6.07, 6.45) is 2.47. The number of piperidine rings is 3. The third-order valence-electron chi connectivity index (χ3n) is 9.33. The predicted octanol–water partition coefficient (Wildman–Crippen LogP) is 5.33. The van der Waals surface area contributed by atoms with Gasteiger partial charge in [0.25, 0.3) is 0 Å². The molecule has 4 heterocycles. The van der Waals surface area contributed by atoms with E-state index in [9.17, 15) is 4.79 Å². The number of methoxy groups -OCH3 is 1. The first kappa shape index (κ1) is 25.1. The van der Waals surface area contributed by atoms with Crippen molar-refractivity contribution >= 4 is 11.6 Å². The van der Waals surface area contributed by atoms with E-state index < -0.39 is 5.41 Å². The minimum atomic E-state index is -0.533. The molecule has 198 valence electrons. The number of fused-ring (bicyclic) bond motifs is 4. The van der Waals surface area contributed by atoms with Crippen molar-refractivity contribution in [2.24, 2.45) is 5.92 Å². The van der Waals surface area contributed by atoms with Crippen LogP contribution in [0, 0.1) is 5.92 Å². The second-order valence-corrected chi connectivity index (χ2v) is 11.7. The Balaban J connectivity index is 1.35. The summed E-state index contributed by atoms with van der Waals surface area (Å²) in [7, 11) is 3.59. The van der Waals surface area contributed by atoms with Gasteiger partial charge in [0.15, 0.2) is 0 Å². The van der Waals surface area contributed by atoms with Gasteiger partial charge in [-0.1, -0.05) is 60.7 Å². The zero-order valence-electron chi connectivity index (χ0n) is 23.0. The summed E-state index contributed by atoms with van der Waals surface area (Å²) in [5.41, 5.74) is 5.38. The summed E-state index contributed by atoms with van der Waals surface area (Å²) < 4.78 is 5.85. The van der Waals surface area contributed by atoms with Crippen LogP contribution in [0.4, 0.5) is 5.69 Å². The molecular weight excluding hydrogens is 470 g/mol. The zero-order valence-corrected chi connectivity index (χ0v) is 23.0. The molecule has 5 heteroatoms. The molecule has 5 nitrogen and oxygen atoms in total. The number of carbonyl (C=O) groups is 1. The largest absolute Gasteiger partial charge is 0.496 e. The number of anilines is 1. The van der Waals surface area contributed by atoms with Crippen molar-refractivity contribution in [2.75, 3.05) is 32.1 Å². The summed E-state index contributed by atoms with van der Waals surface area (Å²) in [6, 6.07) is 27.0. The highest BCUT2D eigenvalue weighted by molar-refractivity contribution is 6.07. The summed E-state index contributed by atoms with van der Waals surface area (Å²) in [5.74, 6) is 1.91. The van der Waals surface area contributed by atoms with Crippen LogP contribution in [0.3, 0.4) is 0 Å². The van der Waals surface area contributed by atoms with Crippen LogP contribution in [0.5, 0.6) is 5.75 Å². The maximum atomic E-state index is 12.9. The topological polar surface area (TPSA) is 44.8 Å². The van der Waals surface area contributed by atoms with E-state index in [1.54, 1.807) is 12.0 Å². The van der Waals surface area contributed by atoms with Crippen LogP contribution in [0.25, 0.3) is 0 Å². The van der Waals surface area contributed by atoms with E-state index >= 15 is 0 Å². The Kier molecular flexibility index (Phi) is 6.53. The lowest BCUT2D eigenvalue weighted by Crippen LogP contribution is -2.64. The quantitative estimate of drug-likeness (QED) is 0.467. The van der Waals surface area contributed by atoms with Crippen LogP contribution < -0.4 is 15.0 Å². The Morgan fingerprint density at radius 3 is 2.16 bits per heavy atom. The molecule has 2 unspecified atom stereocenters. The highest BCUT2D eigenvalue weighted by Crippen LogP contribution is 2.45. The molecule has 0 spiro atoms. The number of rotatable bonds is 7. The number of amides is 1. The summed E-state index contributed by atoms with van der Waals surface area (Å²) in [6.45, 7) is 7.08. The number of nitrogens with zero attached hydrogens (tertiary/aromatic N) is 2. The number of carbonyl (C=O) groups excluding carboxylic acids is 1. The summed E-state index contributed by atoms with van der Waals surface area (Å²) >= 11 is 0. The normalized spacial score (nSPS) is 25.6. The minimum Gasteiger partial charge on any atom is -0.496 e. The van der Waals surface area contributed by atoms with Gasteiger partial charge in [-0.05, 0) is 68.5 Å². The van der Waals surface area contributed by atoms with Crippen LogP contribution in [0.1, 0.15) is 54.9 Å². The van der Waals surface area contributed by atoms with Gasteiger partial charge in [-0.2, -0.15) is 0 Å². The molecule has 1 N–H and O–H groups in total. The van der Waals surface area contributed by atoms with E-state index in [2.05, 4.69) is 76.9 Å². The van der Waals surface area contributed by atoms with Gasteiger partial charge < -0.3 is 15.0 Å². The maximum absolute atomic E-state index is 12.9. The maximum Gasteiger partial charge on any atom is 0.236 e. The lowest BCUT2D eigenvalue weighted by atomic mass is 9.70. The molecular formula is C33H39N3O2. The molecule has 3 aromatic rings. The van der Waals surface area contributed by atoms with Crippen molar-refractivity contribution in [1.29, 1.82) is 0 Å². The van der Waals surface area contributed by atoms with Crippen LogP contribution >= 0.6 is 0 Å². The van der Waals surface area contributed by atoms with Crippen molar-refractivity contribution in [3.05, 3.63) is 95.1 Å². The number of benzene rings is 3. The number of ether oxygens (including phenoxy) is 1. The van der Waals surface area contributed by atoms with Crippen molar-refractivity contribution in [3.63, 3.8) is 0 Å². The Morgan fingerprint density at radius 2 is 1.58 bits per heavy atom. The molecule has 0 aliphatic carbocycles. The van der Waals surface area contributed by atoms with Gasteiger partial charge in [-0.15, -0.1) is 0 Å². The van der Waals surface area contributed by atoms with Crippen LogP contribution in [-0.2, 0) is 16.8 Å². The Labute approximate surface area is 226 Å². The molecule has 1 amide bonds. The molecule has 2 bridgehead atoms. The number of hydrogen-bond donors (Lipinski definition) is 1. The van der Waals surface area contributed by atoms with Gasteiger partial charge >= 0.3 is 0 Å². The lowest BCUT2D eigenvalue weighted by molar-refractivity contribution is -0.121. The Bertz CT molecular complexity index is 1260. The predicted molar refractivity (Wildman–Crippen MR) is 153 cm³/mol. The molecule has 3 aromatic carbocycles. The number of hydrogen-bond acceptors (Lipinski definition) is 4. The zero-order chi connectivity index (χ0) is 26.4. The molecule has 0 radical (unpaired) electrons. The van der Waals surface area contributed by atoms with E-state index in [1.165, 1.54) is 24.0 Å².